The van der Waals surface area contributed by atoms with Gasteiger partial charge in [-0.25, -0.2) is 0 Å². The van der Waals surface area contributed by atoms with Crippen molar-refractivity contribution in [2.45, 2.75) is 0 Å². The van der Waals surface area contributed by atoms with Crippen molar-refractivity contribution < 1.29 is 0 Å². The first-order valence-electron chi connectivity index (χ1n) is 3.60. The highest BCUT2D eigenvalue weighted by Crippen LogP contribution is 2.26. The van der Waals surface area contributed by atoms with Crippen LogP contribution in [0.25, 0.3) is 10.6 Å². The second-order valence-electron chi connectivity index (χ2n) is 2.44. The van der Waals surface area contributed by atoms with Crippen LogP contribution in [0, 0.1) is 0 Å². The van der Waals surface area contributed by atoms with Crippen molar-refractivity contribution in [1.82, 2.24) is 10.2 Å². The number of hydrogen-bond donors (Lipinski definition) is 1. The van der Waals surface area contributed by atoms with Gasteiger partial charge in [0.05, 0.1) is 9.35 Å². The Hall–Kier alpha value is -0.940. The van der Waals surface area contributed by atoms with Crippen molar-refractivity contribution >= 4 is 33.1 Å². The van der Waals surface area contributed by atoms with Crippen molar-refractivity contribution in [1.29, 1.82) is 0 Å². The van der Waals surface area contributed by atoms with Crippen molar-refractivity contribution in [3.63, 3.8) is 0 Å². The molecular formula is C8H6BrN3S. The molecule has 66 valence electrons. The standard InChI is InChI=1S/C8H6BrN3S/c9-5-4-6(11-12-8(5)10)7-2-1-3-13-7/h1-4H,(H2,10,12). The number of halogens is 1. The average molecular weight is 256 g/mol. The third-order valence-corrected chi connectivity index (χ3v) is 3.07. The normalized spacial score (nSPS) is 10.2. The minimum atomic E-state index is 0.417. The van der Waals surface area contributed by atoms with Crippen molar-refractivity contribution in [2.75, 3.05) is 5.73 Å². The average Bonchev–Trinajstić information content (AvgIpc) is 2.62. The Morgan fingerprint density at radius 3 is 2.85 bits per heavy atom. The number of nitrogens with zero attached hydrogens (tertiary/aromatic N) is 2. The monoisotopic (exact) mass is 255 g/mol. The lowest BCUT2D eigenvalue weighted by atomic mass is 10.3. The fraction of sp³-hybridized carbons (Fsp3) is 0. The van der Waals surface area contributed by atoms with E-state index in [1.165, 1.54) is 0 Å². The zero-order chi connectivity index (χ0) is 9.26. The summed E-state index contributed by atoms with van der Waals surface area (Å²) in [7, 11) is 0. The third-order valence-electron chi connectivity index (χ3n) is 1.55. The molecular weight excluding hydrogens is 250 g/mol. The lowest BCUT2D eigenvalue weighted by Gasteiger charge is -1.98. The number of nitrogens with two attached hydrogens (primary N) is 1. The Bertz CT molecular complexity index is 413. The van der Waals surface area contributed by atoms with Gasteiger partial charge in [0.1, 0.15) is 5.69 Å². The number of hydrogen-bond acceptors (Lipinski definition) is 4. The number of aromatic nitrogens is 2. The maximum atomic E-state index is 5.53. The van der Waals surface area contributed by atoms with E-state index in [0.29, 0.717) is 5.82 Å². The largest absolute Gasteiger partial charge is 0.381 e. The first-order valence-corrected chi connectivity index (χ1v) is 5.27. The lowest BCUT2D eigenvalue weighted by Crippen LogP contribution is -1.95. The van der Waals surface area contributed by atoms with Crippen molar-refractivity contribution in [3.05, 3.63) is 28.1 Å². The van der Waals surface area contributed by atoms with Gasteiger partial charge >= 0.3 is 0 Å². The van der Waals surface area contributed by atoms with Gasteiger partial charge in [0.25, 0.3) is 0 Å². The van der Waals surface area contributed by atoms with Gasteiger partial charge in [0, 0.05) is 0 Å². The summed E-state index contributed by atoms with van der Waals surface area (Å²) < 4.78 is 0.783. The molecule has 2 aromatic rings. The molecule has 0 aliphatic carbocycles. The maximum Gasteiger partial charge on any atom is 0.160 e. The highest BCUT2D eigenvalue weighted by molar-refractivity contribution is 9.10. The number of nitrogen functional groups attached to an aromatic ring is 1. The van der Waals surface area contributed by atoms with Crippen LogP contribution in [0.2, 0.25) is 0 Å². The molecule has 3 nitrogen and oxygen atoms in total. The molecule has 5 heteroatoms. The Balaban J connectivity index is 2.49. The van der Waals surface area contributed by atoms with Gasteiger partial charge in [0.15, 0.2) is 5.82 Å². The molecule has 0 amide bonds. The van der Waals surface area contributed by atoms with E-state index in [9.17, 15) is 0 Å². The molecule has 0 spiro atoms. The van der Waals surface area contributed by atoms with Gasteiger partial charge in [-0.1, -0.05) is 6.07 Å². The van der Waals surface area contributed by atoms with E-state index in [4.69, 9.17) is 5.73 Å². The predicted octanol–water partition coefficient (Wildman–Crippen LogP) is 2.55. The molecule has 0 atom stereocenters. The second-order valence-corrected chi connectivity index (χ2v) is 4.24. The van der Waals surface area contributed by atoms with Crippen LogP contribution in [-0.2, 0) is 0 Å². The lowest BCUT2D eigenvalue weighted by molar-refractivity contribution is 1.05. The summed E-state index contributed by atoms with van der Waals surface area (Å²) in [4.78, 5) is 1.09. The first-order chi connectivity index (χ1) is 6.27. The molecule has 0 unspecified atom stereocenters. The van der Waals surface area contributed by atoms with Crippen LogP contribution in [0.3, 0.4) is 0 Å². The summed E-state index contributed by atoms with van der Waals surface area (Å²) >= 11 is 4.94. The minimum absolute atomic E-state index is 0.417. The van der Waals surface area contributed by atoms with Gasteiger partial charge in [0.2, 0.25) is 0 Å². The van der Waals surface area contributed by atoms with E-state index >= 15 is 0 Å². The van der Waals surface area contributed by atoms with Crippen LogP contribution in [0.4, 0.5) is 5.82 Å². The second kappa shape index (κ2) is 3.43. The molecule has 2 heterocycles. The molecule has 0 saturated heterocycles. The summed E-state index contributed by atoms with van der Waals surface area (Å²) in [6.07, 6.45) is 0. The zero-order valence-corrected chi connectivity index (χ0v) is 8.97. The smallest absolute Gasteiger partial charge is 0.160 e. The summed E-state index contributed by atoms with van der Waals surface area (Å²) in [5.74, 6) is 0.417. The van der Waals surface area contributed by atoms with Crippen molar-refractivity contribution in [2.24, 2.45) is 0 Å². The van der Waals surface area contributed by atoms with Crippen LogP contribution in [0.5, 0.6) is 0 Å². The van der Waals surface area contributed by atoms with E-state index in [1.54, 1.807) is 11.3 Å². The SMILES string of the molecule is Nc1nnc(-c2cccs2)cc1Br. The van der Waals surface area contributed by atoms with Crippen LogP contribution in [0.15, 0.2) is 28.1 Å². The number of anilines is 1. The topological polar surface area (TPSA) is 51.8 Å². The van der Waals surface area contributed by atoms with Gasteiger partial charge in [-0.05, 0) is 33.4 Å². The predicted molar refractivity (Wildman–Crippen MR) is 57.5 cm³/mol. The Kier molecular flexibility index (Phi) is 2.28. The Morgan fingerprint density at radius 1 is 1.38 bits per heavy atom. The van der Waals surface area contributed by atoms with E-state index in [-0.39, 0.29) is 0 Å². The number of thiophene rings is 1. The van der Waals surface area contributed by atoms with Gasteiger partial charge < -0.3 is 5.73 Å². The summed E-state index contributed by atoms with van der Waals surface area (Å²) in [6, 6.07) is 5.84. The number of rotatable bonds is 1. The van der Waals surface area contributed by atoms with Crippen LogP contribution >= 0.6 is 27.3 Å². The Morgan fingerprint density at radius 2 is 2.23 bits per heavy atom. The molecule has 0 aliphatic rings. The molecule has 0 fully saturated rings. The third kappa shape index (κ3) is 1.71. The molecule has 2 rings (SSSR count). The van der Waals surface area contributed by atoms with E-state index in [0.717, 1.165) is 15.0 Å². The van der Waals surface area contributed by atoms with E-state index in [2.05, 4.69) is 26.1 Å². The molecule has 13 heavy (non-hydrogen) atoms. The highest BCUT2D eigenvalue weighted by Gasteiger charge is 2.03. The molecule has 2 N–H and O–H groups in total. The van der Waals surface area contributed by atoms with Crippen molar-refractivity contribution in [3.8, 4) is 10.6 Å². The van der Waals surface area contributed by atoms with Crippen LogP contribution in [0.1, 0.15) is 0 Å². The zero-order valence-electron chi connectivity index (χ0n) is 6.57. The highest BCUT2D eigenvalue weighted by atomic mass is 79.9. The Labute approximate surface area is 87.7 Å². The molecule has 2 aromatic heterocycles. The van der Waals surface area contributed by atoms with E-state index < -0.39 is 0 Å². The first kappa shape index (κ1) is 8.65. The molecule has 0 saturated carbocycles. The van der Waals surface area contributed by atoms with Gasteiger partial charge in [-0.2, -0.15) is 0 Å². The summed E-state index contributed by atoms with van der Waals surface area (Å²) in [5, 5.41) is 9.81. The van der Waals surface area contributed by atoms with E-state index in [1.807, 2.05) is 23.6 Å². The van der Waals surface area contributed by atoms with Crippen LogP contribution < -0.4 is 5.73 Å². The fourth-order valence-corrected chi connectivity index (χ4v) is 1.90. The fourth-order valence-electron chi connectivity index (χ4n) is 0.923. The van der Waals surface area contributed by atoms with Gasteiger partial charge in [-0.15, -0.1) is 21.5 Å². The quantitative estimate of drug-likeness (QED) is 0.853. The molecule has 0 radical (unpaired) electrons. The summed E-state index contributed by atoms with van der Waals surface area (Å²) in [6.45, 7) is 0. The molecule has 0 bridgehead atoms. The summed E-state index contributed by atoms with van der Waals surface area (Å²) in [5.41, 5.74) is 6.37. The van der Waals surface area contributed by atoms with Crippen LogP contribution in [-0.4, -0.2) is 10.2 Å². The minimum Gasteiger partial charge on any atom is -0.381 e. The molecule has 0 aromatic carbocycles. The maximum absolute atomic E-state index is 5.53. The van der Waals surface area contributed by atoms with Gasteiger partial charge in [-0.3, -0.25) is 0 Å². The molecule has 0 aliphatic heterocycles.